The monoisotopic (exact) mass is 336 g/mol. The van der Waals surface area contributed by atoms with Gasteiger partial charge in [-0.1, -0.05) is 36.4 Å². The van der Waals surface area contributed by atoms with Crippen molar-refractivity contribution in [1.82, 2.24) is 9.63 Å². The number of aromatic nitrogens is 1. The van der Waals surface area contributed by atoms with E-state index >= 15 is 0 Å². The summed E-state index contributed by atoms with van der Waals surface area (Å²) in [5.41, 5.74) is 1.52. The largest absolute Gasteiger partial charge is 0.426 e. The number of rotatable bonds is 4. The first-order valence-electron chi connectivity index (χ1n) is 7.93. The first kappa shape index (κ1) is 15.4. The smallest absolute Gasteiger partial charge is 0.353 e. The van der Waals surface area contributed by atoms with Crippen LogP contribution in [0.2, 0.25) is 0 Å². The number of ether oxygens (including phenoxy) is 1. The summed E-state index contributed by atoms with van der Waals surface area (Å²) in [6, 6.07) is 17.5. The van der Waals surface area contributed by atoms with Gasteiger partial charge in [-0.05, 0) is 24.3 Å². The van der Waals surface area contributed by atoms with Gasteiger partial charge in [0.05, 0.1) is 24.7 Å². The Balaban J connectivity index is 1.65. The maximum absolute atomic E-state index is 12.7. The molecule has 1 aliphatic heterocycles. The van der Waals surface area contributed by atoms with E-state index in [0.29, 0.717) is 5.75 Å². The molecule has 2 heterocycles. The van der Waals surface area contributed by atoms with Crippen molar-refractivity contribution in [3.63, 3.8) is 0 Å². The number of carbonyl (C=O) groups excluding carboxylic acids is 2. The molecule has 1 amide bonds. The van der Waals surface area contributed by atoms with Gasteiger partial charge in [-0.3, -0.25) is 14.2 Å². The van der Waals surface area contributed by atoms with Gasteiger partial charge in [0.25, 0.3) is 0 Å². The van der Waals surface area contributed by atoms with Gasteiger partial charge in [-0.15, -0.1) is 0 Å². The summed E-state index contributed by atoms with van der Waals surface area (Å²) in [6.07, 6.45) is 0.00476. The van der Waals surface area contributed by atoms with Gasteiger partial charge in [0.15, 0.2) is 0 Å². The van der Waals surface area contributed by atoms with Crippen molar-refractivity contribution in [1.29, 1.82) is 0 Å². The number of esters is 1. The van der Waals surface area contributed by atoms with Crippen LogP contribution in [0.25, 0.3) is 10.9 Å². The van der Waals surface area contributed by atoms with Crippen LogP contribution in [0.3, 0.4) is 0 Å². The molecule has 6 nitrogen and oxygen atoms in total. The summed E-state index contributed by atoms with van der Waals surface area (Å²) in [4.78, 5) is 30.2. The molecule has 2 aromatic carbocycles. The highest BCUT2D eigenvalue weighted by atomic mass is 16.7. The Hall–Kier alpha value is -3.12. The first-order chi connectivity index (χ1) is 12.2. The highest BCUT2D eigenvalue weighted by molar-refractivity contribution is 5.95. The Kier molecular flexibility index (Phi) is 3.74. The highest BCUT2D eigenvalue weighted by Crippen LogP contribution is 2.37. The third kappa shape index (κ3) is 2.56. The lowest BCUT2D eigenvalue weighted by Gasteiger charge is -2.20. The minimum absolute atomic E-state index is 0.00476. The van der Waals surface area contributed by atoms with E-state index in [4.69, 9.17) is 9.57 Å². The zero-order chi connectivity index (χ0) is 17.4. The Bertz CT molecular complexity index is 948. The molecule has 0 N–H and O–H groups in total. The minimum Gasteiger partial charge on any atom is -0.426 e. The number of hydrogen-bond donors (Lipinski definition) is 0. The SMILES string of the molecule is CON1C(=O)n2c(cc3ccccc32)C1CC(=O)Oc1ccccc1. The van der Waals surface area contributed by atoms with Gasteiger partial charge >= 0.3 is 12.0 Å². The molecule has 0 bridgehead atoms. The second-order valence-corrected chi connectivity index (χ2v) is 5.76. The molecule has 3 aromatic rings. The topological polar surface area (TPSA) is 60.8 Å². The summed E-state index contributed by atoms with van der Waals surface area (Å²) in [7, 11) is 1.42. The molecule has 0 aliphatic carbocycles. The number of nitrogens with zero attached hydrogens (tertiary/aromatic N) is 2. The first-order valence-corrected chi connectivity index (χ1v) is 7.93. The van der Waals surface area contributed by atoms with Crippen molar-refractivity contribution in [2.75, 3.05) is 7.11 Å². The van der Waals surface area contributed by atoms with Crippen LogP contribution in [0, 0.1) is 0 Å². The van der Waals surface area contributed by atoms with Gasteiger partial charge in [0, 0.05) is 5.39 Å². The minimum atomic E-state index is -0.527. The fraction of sp³-hybridized carbons (Fsp3) is 0.158. The second-order valence-electron chi connectivity index (χ2n) is 5.76. The molecule has 0 saturated heterocycles. The summed E-state index contributed by atoms with van der Waals surface area (Å²) < 4.78 is 6.93. The number of hydrogen-bond acceptors (Lipinski definition) is 4. The van der Waals surface area contributed by atoms with E-state index < -0.39 is 12.0 Å². The lowest BCUT2D eigenvalue weighted by atomic mass is 10.1. The summed E-state index contributed by atoms with van der Waals surface area (Å²) >= 11 is 0. The zero-order valence-corrected chi connectivity index (χ0v) is 13.6. The molecule has 0 radical (unpaired) electrons. The van der Waals surface area contributed by atoms with Crippen LogP contribution < -0.4 is 4.74 Å². The van der Waals surface area contributed by atoms with E-state index in [9.17, 15) is 9.59 Å². The summed E-state index contributed by atoms with van der Waals surface area (Å²) in [6.45, 7) is 0. The van der Waals surface area contributed by atoms with Gasteiger partial charge in [-0.25, -0.2) is 4.79 Å². The van der Waals surface area contributed by atoms with E-state index in [1.54, 1.807) is 28.8 Å². The van der Waals surface area contributed by atoms with Crippen LogP contribution in [0.5, 0.6) is 5.75 Å². The maximum atomic E-state index is 12.7. The van der Waals surface area contributed by atoms with E-state index in [1.807, 2.05) is 36.4 Å². The summed E-state index contributed by atoms with van der Waals surface area (Å²) in [5.74, 6) is 0.0473. The molecule has 6 heteroatoms. The Labute approximate surface area is 144 Å². The van der Waals surface area contributed by atoms with E-state index in [1.165, 1.54) is 12.2 Å². The summed E-state index contributed by atoms with van der Waals surface area (Å²) in [5, 5.41) is 2.16. The molecule has 0 fully saturated rings. The molecule has 25 heavy (non-hydrogen) atoms. The van der Waals surface area contributed by atoms with Crippen LogP contribution in [-0.4, -0.2) is 28.7 Å². The van der Waals surface area contributed by atoms with Crippen LogP contribution in [0.1, 0.15) is 18.2 Å². The van der Waals surface area contributed by atoms with Crippen LogP contribution in [0.15, 0.2) is 60.7 Å². The number of amides is 1. The van der Waals surface area contributed by atoms with Crippen LogP contribution >= 0.6 is 0 Å². The fourth-order valence-electron chi connectivity index (χ4n) is 3.20. The molecular formula is C19H16N2O4. The van der Waals surface area contributed by atoms with Crippen molar-refractivity contribution in [3.8, 4) is 5.75 Å². The molecule has 126 valence electrons. The number of fused-ring (bicyclic) bond motifs is 3. The van der Waals surface area contributed by atoms with Crippen molar-refractivity contribution >= 4 is 22.9 Å². The zero-order valence-electron chi connectivity index (χ0n) is 13.6. The molecule has 1 aromatic heterocycles. The van der Waals surface area contributed by atoms with Gasteiger partial charge in [0.2, 0.25) is 0 Å². The number of carbonyl (C=O) groups is 2. The Morgan fingerprint density at radius 2 is 1.80 bits per heavy atom. The average molecular weight is 336 g/mol. The van der Waals surface area contributed by atoms with Gasteiger partial charge in [-0.2, -0.15) is 5.06 Å². The molecular weight excluding hydrogens is 320 g/mol. The lowest BCUT2D eigenvalue weighted by molar-refractivity contribution is -0.143. The highest BCUT2D eigenvalue weighted by Gasteiger charge is 2.40. The molecule has 4 rings (SSSR count). The van der Waals surface area contributed by atoms with Crippen LogP contribution in [0.4, 0.5) is 4.79 Å². The average Bonchev–Trinajstić information content (AvgIpc) is 3.12. The van der Waals surface area contributed by atoms with E-state index in [0.717, 1.165) is 16.6 Å². The lowest BCUT2D eigenvalue weighted by Crippen LogP contribution is -2.30. The quantitative estimate of drug-likeness (QED) is 0.540. The maximum Gasteiger partial charge on any atom is 0.353 e. The predicted molar refractivity (Wildman–Crippen MR) is 91.0 cm³/mol. The van der Waals surface area contributed by atoms with Crippen molar-refractivity contribution in [2.24, 2.45) is 0 Å². The third-order valence-corrected chi connectivity index (χ3v) is 4.28. The van der Waals surface area contributed by atoms with Crippen molar-refractivity contribution in [2.45, 2.75) is 12.5 Å². The van der Waals surface area contributed by atoms with Gasteiger partial charge < -0.3 is 4.74 Å². The van der Waals surface area contributed by atoms with Crippen LogP contribution in [-0.2, 0) is 9.63 Å². The van der Waals surface area contributed by atoms with E-state index in [-0.39, 0.29) is 12.5 Å². The number of para-hydroxylation sites is 2. The van der Waals surface area contributed by atoms with Gasteiger partial charge in [0.1, 0.15) is 11.8 Å². The Morgan fingerprint density at radius 1 is 1.08 bits per heavy atom. The third-order valence-electron chi connectivity index (χ3n) is 4.28. The Morgan fingerprint density at radius 3 is 2.56 bits per heavy atom. The molecule has 1 unspecified atom stereocenters. The van der Waals surface area contributed by atoms with E-state index in [2.05, 4.69) is 0 Å². The number of benzene rings is 2. The number of hydroxylamine groups is 2. The fourth-order valence-corrected chi connectivity index (χ4v) is 3.20. The standard InChI is InChI=1S/C19H16N2O4/c1-24-21-17(12-18(22)25-14-8-3-2-4-9-14)16-11-13-7-5-6-10-15(13)20(16)19(21)23/h2-11,17H,12H2,1H3. The molecule has 0 spiro atoms. The molecule has 1 atom stereocenters. The molecule has 0 saturated carbocycles. The van der Waals surface area contributed by atoms with Crippen molar-refractivity contribution in [3.05, 3.63) is 66.4 Å². The normalized spacial score (nSPS) is 16.3. The molecule has 1 aliphatic rings. The predicted octanol–water partition coefficient (Wildman–Crippen LogP) is 3.52. The van der Waals surface area contributed by atoms with Crippen molar-refractivity contribution < 1.29 is 19.2 Å². The second kappa shape index (κ2) is 6.07.